The maximum Gasteiger partial charge on any atom is 0.316 e. The predicted octanol–water partition coefficient (Wildman–Crippen LogP) is 20.8. The third-order valence-electron chi connectivity index (χ3n) is 16.5. The molecule has 0 amide bonds. The number of aromatic amines is 1. The van der Waals surface area contributed by atoms with E-state index in [0.717, 1.165) is 130 Å². The molecule has 0 atom stereocenters. The third kappa shape index (κ3) is 42.0. The van der Waals surface area contributed by atoms with Crippen LogP contribution in [0.5, 0.6) is 17.8 Å². The zero-order valence-electron chi connectivity index (χ0n) is 78.8. The van der Waals surface area contributed by atoms with Crippen LogP contribution in [0.25, 0.3) is 0 Å². The minimum atomic E-state index is -0.238. The first kappa shape index (κ1) is 106. The summed E-state index contributed by atoms with van der Waals surface area (Å²) in [6, 6.07) is 20.2. The lowest BCUT2D eigenvalue weighted by Crippen LogP contribution is -3.00. The number of hydrogen-bond acceptors (Lipinski definition) is 27. The van der Waals surface area contributed by atoms with Crippen LogP contribution in [0.15, 0.2) is 164 Å². The fraction of sp³-hybridized carbons (Fsp3) is 0.340. The minimum absolute atomic E-state index is 0. The van der Waals surface area contributed by atoms with Gasteiger partial charge in [0.1, 0.15) is 45.5 Å². The van der Waals surface area contributed by atoms with Crippen molar-refractivity contribution in [2.75, 3.05) is 0 Å². The average molecular weight is 1940 g/mol. The predicted molar refractivity (Wildman–Crippen MR) is 541 cm³/mol. The molecule has 1 N–H and O–H groups in total. The molecule has 0 aromatic carbocycles. The van der Waals surface area contributed by atoms with Crippen molar-refractivity contribution in [3.63, 3.8) is 0 Å². The summed E-state index contributed by atoms with van der Waals surface area (Å²) < 4.78 is 16.8. The van der Waals surface area contributed by atoms with Crippen molar-refractivity contribution >= 4 is 103 Å². The van der Waals surface area contributed by atoms with Gasteiger partial charge in [0.25, 0.3) is 0 Å². The number of thiazole rings is 7. The lowest BCUT2D eigenvalue weighted by molar-refractivity contribution is -0.393. The van der Waals surface area contributed by atoms with Gasteiger partial charge in [0.2, 0.25) is 11.8 Å². The molecular weight excluding hydrogens is 1830 g/mol. The van der Waals surface area contributed by atoms with Gasteiger partial charge < -0.3 is 26.6 Å². The van der Waals surface area contributed by atoms with Crippen LogP contribution in [-0.4, -0.2) is 102 Å². The van der Waals surface area contributed by atoms with Crippen LogP contribution in [0.3, 0.4) is 0 Å². The summed E-state index contributed by atoms with van der Waals surface area (Å²) in [6.07, 6.45) is 22.9. The van der Waals surface area contributed by atoms with E-state index in [2.05, 4.69) is 237 Å². The fourth-order valence-electron chi connectivity index (χ4n) is 10.8. The number of halogens is 1. The number of nitrogens with one attached hydrogen (secondary N) is 1. The van der Waals surface area contributed by atoms with Crippen LogP contribution >= 0.6 is 103 Å². The topological polar surface area (TPSA) is 235 Å². The Hall–Kier alpha value is -11.4. The lowest BCUT2D eigenvalue weighted by atomic mass is 9.86. The second-order valence-corrected chi connectivity index (χ2v) is 44.8. The highest BCUT2D eigenvalue weighted by Gasteiger charge is 2.21. The van der Waals surface area contributed by atoms with Gasteiger partial charge in [-0.3, -0.25) is 4.98 Å². The van der Waals surface area contributed by atoms with E-state index in [0.29, 0.717) is 23.7 Å². The summed E-state index contributed by atoms with van der Waals surface area (Å²) in [5, 5.41) is 22.8. The number of pyridine rings is 5. The van der Waals surface area contributed by atoms with E-state index in [1.54, 1.807) is 140 Å². The van der Waals surface area contributed by atoms with Gasteiger partial charge in [0.15, 0.2) is 17.0 Å². The molecule has 19 nitrogen and oxygen atoms in total. The molecule has 0 spiro atoms. The highest BCUT2D eigenvalue weighted by Crippen LogP contribution is 2.33. The van der Waals surface area contributed by atoms with Crippen molar-refractivity contribution in [2.24, 2.45) is 0 Å². The Balaban J connectivity index is 0.000000190. The van der Waals surface area contributed by atoms with E-state index < -0.39 is 0 Å². The number of hydrogen-bond donors (Lipinski definition) is 0. The first-order valence-corrected chi connectivity index (χ1v) is 50.1. The maximum absolute atomic E-state index is 5.65. The third-order valence-corrected chi connectivity index (χ3v) is 24.0. The molecule has 1 aliphatic carbocycles. The molecule has 14 aromatic rings. The molecular formula is C103H109ClN16O3S9. The van der Waals surface area contributed by atoms with Gasteiger partial charge in [0, 0.05) is 154 Å². The molecule has 1 saturated carbocycles. The first-order chi connectivity index (χ1) is 62.3. The molecule has 0 radical (unpaired) electrons. The first-order valence-electron chi connectivity index (χ1n) is 42.3. The molecule has 14 aromatic heterocycles. The summed E-state index contributed by atoms with van der Waals surface area (Å²) in [6.45, 7) is 47.0. The van der Waals surface area contributed by atoms with E-state index >= 15 is 0 Å². The van der Waals surface area contributed by atoms with Gasteiger partial charge in [-0.1, -0.05) is 135 Å². The molecule has 0 aliphatic heterocycles. The van der Waals surface area contributed by atoms with Gasteiger partial charge in [-0.2, -0.15) is 0 Å². The summed E-state index contributed by atoms with van der Waals surface area (Å²) in [5.41, 5.74) is 14.1. The van der Waals surface area contributed by atoms with Crippen LogP contribution in [0, 0.1) is 131 Å². The summed E-state index contributed by atoms with van der Waals surface area (Å²) in [4.78, 5) is 67.6. The van der Waals surface area contributed by atoms with Gasteiger partial charge in [-0.05, 0) is 194 Å². The van der Waals surface area contributed by atoms with Crippen LogP contribution in [0.1, 0.15) is 274 Å². The Labute approximate surface area is 822 Å². The molecule has 0 saturated heterocycles. The molecule has 0 unspecified atom stereocenters. The highest BCUT2D eigenvalue weighted by atomic mass is 35.5. The van der Waals surface area contributed by atoms with Crippen molar-refractivity contribution < 1.29 is 31.6 Å². The molecule has 15 rings (SSSR count). The van der Waals surface area contributed by atoms with Crippen molar-refractivity contribution in [3.05, 3.63) is 279 Å². The van der Waals surface area contributed by atoms with Crippen molar-refractivity contribution in [3.8, 4) is 101 Å². The second kappa shape index (κ2) is 52.8. The maximum atomic E-state index is 5.65. The van der Waals surface area contributed by atoms with Gasteiger partial charge in [-0.25, -0.2) is 74.8 Å². The standard InChI is InChI=1S/C17H18N2S.C15H16N2OS.C15H16N2S2.C15H16N2S.C14H15N3S2.C14H14N2OS.C13H13N3OS.ClH/c1-13-19-16(12-20-13)9-7-14-8-10-17(18-11-14)15-5-3-2-4-6-15;1-11-17-13(10-19-11)7-5-12-6-8-14(16-9-12)18-15(2,3)4;1-11-17-13(10-18-11)7-5-12-6-8-14(16-9-12)19-15(2,3)4;1-11-17-13(10-18-11)7-5-12-6-8-14(16-9-12)15(2,3)4;1-10-17-12(9-18-10)6-5-11-7-15-13(16-8-11)19-14(2,3)4;1-10(2)17-14-7-5-12(8-15-14)4-6-13-9-18-11(3)16-13;1-9(2)17-13-14-6-11(7-15-13)4-5-12-8-18-10(3)16-12;/h8,10-12,15H,2-6H2,1H3;2*6,8-10H,1-4H3;6,8-10H,1-4H3;7-9H,1-4H3;5,7-10H,1-3H3;6-9H,1-3H3;1H. The molecule has 680 valence electrons. The fourth-order valence-corrected chi connectivity index (χ4v) is 16.2. The largest absolute Gasteiger partial charge is 1.00 e. The SMILES string of the molecule is Cc1nc(C#Cc2ccc(C(C)(C)C)nc2)cs1.Cc1nc(C#Cc2ccc(C3CCCCC3)[nH+]c2)cs1.Cc1nc(C#Cc2ccc(OC(C)(C)C)nc2)cs1.Cc1nc(C#Cc2ccc(OC(C)C)nc2)cs1.Cc1nc(C#Cc2ccc(SC(C)(C)C)nc2)cs1.Cc1nc(C#Cc2cnc(OC(C)C)nc2)cs1.Cc1nc(C#Cc2cnc(SC(C)(C)C)nc2)cs1.[Cl-]. The van der Waals surface area contributed by atoms with Crippen LogP contribution in [0.4, 0.5) is 0 Å². The zero-order chi connectivity index (χ0) is 94.5. The molecule has 29 heteroatoms. The number of aryl methyl sites for hydroxylation is 7. The van der Waals surface area contributed by atoms with Crippen LogP contribution in [-0.2, 0) is 5.41 Å². The molecule has 1 aliphatic rings. The summed E-state index contributed by atoms with van der Waals surface area (Å²) in [7, 11) is 0. The Kier molecular flexibility index (Phi) is 42.4. The Morgan fingerprint density at radius 2 is 0.667 bits per heavy atom. The number of aromatic nitrogens is 16. The highest BCUT2D eigenvalue weighted by molar-refractivity contribution is 8.00. The number of nitrogens with zero attached hydrogens (tertiary/aromatic N) is 15. The van der Waals surface area contributed by atoms with E-state index in [1.807, 2.05) is 202 Å². The van der Waals surface area contributed by atoms with Crippen molar-refractivity contribution in [1.82, 2.24) is 74.8 Å². The molecule has 14 heterocycles. The lowest BCUT2D eigenvalue weighted by Gasteiger charge is -2.19. The van der Waals surface area contributed by atoms with Gasteiger partial charge in [0.05, 0.1) is 69.0 Å². The van der Waals surface area contributed by atoms with E-state index in [1.165, 1.54) is 37.8 Å². The Morgan fingerprint density at radius 1 is 0.341 bits per heavy atom. The number of ether oxygens (including phenoxy) is 3. The van der Waals surface area contributed by atoms with Gasteiger partial charge in [-0.15, -0.1) is 91.1 Å². The molecule has 1 fully saturated rings. The number of H-pyrrole nitrogens is 1. The van der Waals surface area contributed by atoms with Crippen molar-refractivity contribution in [2.45, 2.75) is 240 Å². The Morgan fingerprint density at radius 3 is 0.962 bits per heavy atom. The normalized spacial score (nSPS) is 11.3. The monoisotopic (exact) mass is 1940 g/mol. The summed E-state index contributed by atoms with van der Waals surface area (Å²) >= 11 is 14.7. The number of thioether (sulfide) groups is 2. The molecule has 0 bridgehead atoms. The van der Waals surface area contributed by atoms with Crippen molar-refractivity contribution in [1.29, 1.82) is 0 Å². The smallest absolute Gasteiger partial charge is 0.316 e. The van der Waals surface area contributed by atoms with E-state index in [9.17, 15) is 0 Å². The second-order valence-electron chi connectivity index (χ2n) is 33.7. The van der Waals surface area contributed by atoms with E-state index in [4.69, 9.17) is 14.2 Å². The quantitative estimate of drug-likeness (QED) is 0.0781. The Bertz CT molecular complexity index is 6040. The van der Waals surface area contributed by atoms with Gasteiger partial charge >= 0.3 is 6.01 Å². The summed E-state index contributed by atoms with van der Waals surface area (Å²) in [5.74, 6) is 44.6. The number of rotatable bonds is 8. The van der Waals surface area contributed by atoms with E-state index in [-0.39, 0.29) is 45.1 Å². The minimum Gasteiger partial charge on any atom is -1.00 e. The van der Waals surface area contributed by atoms with Crippen LogP contribution < -0.4 is 31.6 Å². The average Bonchev–Trinajstić information content (AvgIpc) is 1.46. The zero-order valence-corrected chi connectivity index (χ0v) is 86.9. The molecule has 132 heavy (non-hydrogen) atoms. The van der Waals surface area contributed by atoms with Crippen LogP contribution in [0.2, 0.25) is 0 Å².